The molecule has 2 aromatic heterocycles. The van der Waals surface area contributed by atoms with E-state index in [0.717, 1.165) is 25.6 Å². The molecule has 2 atom stereocenters. The molecule has 3 heterocycles. The summed E-state index contributed by atoms with van der Waals surface area (Å²) in [5.41, 5.74) is 1.50. The van der Waals surface area contributed by atoms with Crippen molar-refractivity contribution in [2.24, 2.45) is 5.92 Å². The van der Waals surface area contributed by atoms with Crippen LogP contribution in [0.3, 0.4) is 0 Å². The number of benzene rings is 2. The molecule has 1 aliphatic rings. The lowest BCUT2D eigenvalue weighted by atomic mass is 9.98. The van der Waals surface area contributed by atoms with Crippen molar-refractivity contribution in [2.45, 2.75) is 39.2 Å². The number of piperidine rings is 1. The molecule has 1 saturated heterocycles. The second-order valence-corrected chi connectivity index (χ2v) is 12.2. The van der Waals surface area contributed by atoms with Crippen LogP contribution in [0.5, 0.6) is 11.6 Å². The minimum Gasteiger partial charge on any atom is -0.437 e. The Kier molecular flexibility index (Phi) is 8.78. The summed E-state index contributed by atoms with van der Waals surface area (Å²) in [6.07, 6.45) is 0.543. The molecule has 4 aromatic rings. The molecule has 0 spiro atoms. The Morgan fingerprint density at radius 3 is 2.67 bits per heavy atom. The molecule has 1 fully saturated rings. The number of sulfonamides is 1. The van der Waals surface area contributed by atoms with Gasteiger partial charge < -0.3 is 15.4 Å². The third-order valence-corrected chi connectivity index (χ3v) is 8.25. The van der Waals surface area contributed by atoms with Crippen molar-refractivity contribution in [3.05, 3.63) is 66.2 Å². The minimum atomic E-state index is -4.23. The maximum absolute atomic E-state index is 14.9. The number of halogens is 3. The van der Waals surface area contributed by atoms with Gasteiger partial charge in [0.25, 0.3) is 0 Å². The molecule has 0 saturated carbocycles. The van der Waals surface area contributed by atoms with Crippen LogP contribution in [-0.4, -0.2) is 54.7 Å². The van der Waals surface area contributed by atoms with Gasteiger partial charge in [0.1, 0.15) is 11.6 Å². The van der Waals surface area contributed by atoms with Crippen LogP contribution in [0.1, 0.15) is 25.3 Å². The number of hydrogen-bond donors (Lipinski definition) is 3. The van der Waals surface area contributed by atoms with E-state index in [2.05, 4.69) is 32.2 Å². The van der Waals surface area contributed by atoms with Crippen LogP contribution in [0.4, 0.5) is 24.8 Å². The Bertz CT molecular complexity index is 1690. The van der Waals surface area contributed by atoms with Crippen molar-refractivity contribution in [3.63, 3.8) is 0 Å². The Balaban J connectivity index is 1.47. The highest BCUT2D eigenvalue weighted by molar-refractivity contribution is 7.92. The van der Waals surface area contributed by atoms with Crippen LogP contribution in [-0.2, 0) is 10.0 Å². The van der Waals surface area contributed by atoms with Crippen LogP contribution in [0.2, 0.25) is 0 Å². The number of aromatic nitrogens is 3. The smallest absolute Gasteiger partial charge is 0.239 e. The van der Waals surface area contributed by atoms with Crippen molar-refractivity contribution in [2.75, 3.05) is 28.9 Å². The molecule has 222 valence electrons. The average molecular weight is 601 g/mol. The van der Waals surface area contributed by atoms with Gasteiger partial charge in [0.05, 0.1) is 22.7 Å². The first-order valence-corrected chi connectivity index (χ1v) is 15.2. The number of ether oxygens (including phenoxy) is 1. The number of alkyl halides is 2. The van der Waals surface area contributed by atoms with Crippen LogP contribution < -0.4 is 20.1 Å². The van der Waals surface area contributed by atoms with Crippen LogP contribution >= 0.6 is 0 Å². The Labute approximate surface area is 242 Å². The van der Waals surface area contributed by atoms with Gasteiger partial charge in [-0.2, -0.15) is 0 Å². The topological polar surface area (TPSA) is 118 Å². The first-order valence-electron chi connectivity index (χ1n) is 13.5. The van der Waals surface area contributed by atoms with Gasteiger partial charge in [-0.25, -0.2) is 36.5 Å². The number of pyridine rings is 1. The Morgan fingerprint density at radius 2 is 1.88 bits per heavy atom. The Morgan fingerprint density at radius 1 is 1.07 bits per heavy atom. The summed E-state index contributed by atoms with van der Waals surface area (Å²) in [5.74, 6) is -0.129. The quantitative estimate of drug-likeness (QED) is 0.211. The highest BCUT2D eigenvalue weighted by Gasteiger charge is 2.22. The van der Waals surface area contributed by atoms with Crippen molar-refractivity contribution < 1.29 is 26.3 Å². The van der Waals surface area contributed by atoms with Crippen molar-refractivity contribution in [3.8, 4) is 22.9 Å². The summed E-state index contributed by atoms with van der Waals surface area (Å²) in [7, 11) is -4.23. The van der Waals surface area contributed by atoms with E-state index in [1.807, 2.05) is 0 Å². The molecular weight excluding hydrogens is 569 g/mol. The number of aryl methyl sites for hydroxylation is 1. The van der Waals surface area contributed by atoms with E-state index in [-0.39, 0.29) is 23.0 Å². The molecule has 0 amide bonds. The molecule has 13 heteroatoms. The number of anilines is 2. The highest BCUT2D eigenvalue weighted by Crippen LogP contribution is 2.39. The number of hydrogen-bond acceptors (Lipinski definition) is 8. The summed E-state index contributed by atoms with van der Waals surface area (Å²) in [4.78, 5) is 13.5. The van der Waals surface area contributed by atoms with Crippen LogP contribution in [0.25, 0.3) is 22.0 Å². The van der Waals surface area contributed by atoms with Crippen molar-refractivity contribution >= 4 is 32.4 Å². The maximum atomic E-state index is 14.9. The van der Waals surface area contributed by atoms with Gasteiger partial charge in [-0.15, -0.1) is 0 Å². The lowest BCUT2D eigenvalue weighted by Gasteiger charge is -2.28. The van der Waals surface area contributed by atoms with E-state index < -0.39 is 34.4 Å². The molecule has 2 aromatic carbocycles. The van der Waals surface area contributed by atoms with E-state index in [1.165, 1.54) is 6.07 Å². The summed E-state index contributed by atoms with van der Waals surface area (Å²) >= 11 is 0. The van der Waals surface area contributed by atoms with Gasteiger partial charge in [0.2, 0.25) is 28.3 Å². The predicted octanol–water partition coefficient (Wildman–Crippen LogP) is 5.74. The zero-order chi connectivity index (χ0) is 29.9. The summed E-state index contributed by atoms with van der Waals surface area (Å²) in [5, 5.41) is 7.40. The maximum Gasteiger partial charge on any atom is 0.239 e. The number of nitrogens with one attached hydrogen (secondary N) is 3. The molecule has 5 rings (SSSR count). The fraction of sp³-hybridized carbons (Fsp3) is 0.345. The van der Waals surface area contributed by atoms with Crippen LogP contribution in [0.15, 0.2) is 54.9 Å². The van der Waals surface area contributed by atoms with Gasteiger partial charge in [-0.3, -0.25) is 4.72 Å². The third-order valence-electron chi connectivity index (χ3n) is 6.96. The highest BCUT2D eigenvalue weighted by atomic mass is 32.2. The molecule has 9 nitrogen and oxygen atoms in total. The van der Waals surface area contributed by atoms with E-state index >= 15 is 0 Å². The number of fused-ring (bicyclic) bond motifs is 1. The molecule has 0 aliphatic carbocycles. The molecule has 42 heavy (non-hydrogen) atoms. The number of nitrogens with zero attached hydrogens (tertiary/aromatic N) is 3. The molecule has 0 bridgehead atoms. The van der Waals surface area contributed by atoms with Crippen molar-refractivity contribution in [1.29, 1.82) is 0 Å². The lowest BCUT2D eigenvalue weighted by molar-refractivity contribution is 0.145. The Hall–Kier alpha value is -3.97. The number of rotatable bonds is 10. The monoisotopic (exact) mass is 600 g/mol. The van der Waals surface area contributed by atoms with Gasteiger partial charge in [-0.1, -0.05) is 19.1 Å². The normalized spacial score (nSPS) is 17.4. The van der Waals surface area contributed by atoms with E-state index in [1.54, 1.807) is 49.6 Å². The zero-order valence-electron chi connectivity index (χ0n) is 23.1. The zero-order valence-corrected chi connectivity index (χ0v) is 23.9. The average Bonchev–Trinajstić information content (AvgIpc) is 2.95. The largest absolute Gasteiger partial charge is 0.437 e. The van der Waals surface area contributed by atoms with Gasteiger partial charge >= 0.3 is 0 Å². The minimum absolute atomic E-state index is 0.189. The summed E-state index contributed by atoms with van der Waals surface area (Å²) < 4.78 is 73.5. The first-order chi connectivity index (χ1) is 20.1. The fourth-order valence-corrected chi connectivity index (χ4v) is 6.05. The predicted molar refractivity (Wildman–Crippen MR) is 156 cm³/mol. The van der Waals surface area contributed by atoms with E-state index in [0.29, 0.717) is 39.8 Å². The van der Waals surface area contributed by atoms with Crippen LogP contribution in [0, 0.1) is 18.7 Å². The third kappa shape index (κ3) is 6.90. The summed E-state index contributed by atoms with van der Waals surface area (Å²) in [6, 6.07) is 11.3. The lowest BCUT2D eigenvalue weighted by Crippen LogP contribution is -2.42. The van der Waals surface area contributed by atoms with E-state index in [9.17, 15) is 21.6 Å². The summed E-state index contributed by atoms with van der Waals surface area (Å²) in [6.45, 7) is 5.76. The van der Waals surface area contributed by atoms with Gasteiger partial charge in [0, 0.05) is 42.2 Å². The van der Waals surface area contributed by atoms with E-state index in [4.69, 9.17) is 9.72 Å². The van der Waals surface area contributed by atoms with Gasteiger partial charge in [0.15, 0.2) is 0 Å². The molecule has 0 unspecified atom stereocenters. The van der Waals surface area contributed by atoms with Crippen molar-refractivity contribution in [1.82, 2.24) is 20.3 Å². The second-order valence-electron chi connectivity index (χ2n) is 10.4. The molecule has 0 radical (unpaired) electrons. The SMILES string of the molecule is Cc1ccc2c(NS(=O)(=O)CCC(F)F)c(F)ccc2c1Oc1ncccc1-c1ccnc(N[C@@H]2CNC[C@H](C)C2)n1. The van der Waals surface area contributed by atoms with Gasteiger partial charge in [-0.05, 0) is 61.7 Å². The first kappa shape index (κ1) is 29.5. The molecular formula is C29H31F3N6O3S. The second kappa shape index (κ2) is 12.5. The molecule has 1 aliphatic heterocycles. The molecule has 3 N–H and O–H groups in total. The fourth-order valence-electron chi connectivity index (χ4n) is 4.94. The standard InChI is InChI=1S/C29H31F3N6O3S/c1-17-14-19(16-33-15-17)36-29-35-12-9-24(37-29)22-4-3-11-34-28(22)41-27-18(2)5-6-20-21(27)7-8-23(30)26(20)38-42(39,40)13-10-25(31)32/h3-9,11-12,17,19,25,33,38H,10,13-16H2,1-2H3,(H,35,36,37)/t17-,19+/m1/s1.